The topological polar surface area (TPSA) is 79.0 Å². The van der Waals surface area contributed by atoms with Crippen molar-refractivity contribution in [2.24, 2.45) is 0 Å². The van der Waals surface area contributed by atoms with Gasteiger partial charge in [-0.1, -0.05) is 36.4 Å². The average molecular weight is 462 g/mol. The molecule has 9 heteroatoms. The van der Waals surface area contributed by atoms with Crippen molar-refractivity contribution in [2.45, 2.75) is 36.9 Å². The summed E-state index contributed by atoms with van der Waals surface area (Å²) in [5.41, 5.74) is 2.13. The number of amides is 1. The van der Waals surface area contributed by atoms with Crippen LogP contribution in [0.3, 0.4) is 0 Å². The van der Waals surface area contributed by atoms with Gasteiger partial charge in [-0.3, -0.25) is 9.69 Å². The Morgan fingerprint density at radius 2 is 1.72 bits per heavy atom. The zero-order chi connectivity index (χ0) is 22.6. The summed E-state index contributed by atoms with van der Waals surface area (Å²) in [5.74, 6) is -1.17. The normalized spacial score (nSPS) is 20.3. The van der Waals surface area contributed by atoms with Gasteiger partial charge in [-0.2, -0.15) is 4.31 Å². The number of morpholine rings is 1. The van der Waals surface area contributed by atoms with Crippen LogP contribution in [0.15, 0.2) is 53.4 Å². The minimum Gasteiger partial charge on any atom is -0.379 e. The Morgan fingerprint density at radius 3 is 2.44 bits per heavy atom. The van der Waals surface area contributed by atoms with Crippen molar-refractivity contribution in [1.29, 1.82) is 0 Å². The Labute approximate surface area is 188 Å². The van der Waals surface area contributed by atoms with Gasteiger partial charge < -0.3 is 10.1 Å². The van der Waals surface area contributed by atoms with Crippen molar-refractivity contribution in [2.75, 3.05) is 32.8 Å². The van der Waals surface area contributed by atoms with Crippen LogP contribution in [0.4, 0.5) is 4.39 Å². The molecular weight excluding hydrogens is 433 g/mol. The van der Waals surface area contributed by atoms with Gasteiger partial charge in [0.2, 0.25) is 15.9 Å². The van der Waals surface area contributed by atoms with Gasteiger partial charge in [0.15, 0.2) is 0 Å². The molecule has 2 aromatic rings. The van der Waals surface area contributed by atoms with Crippen molar-refractivity contribution < 1.29 is 22.3 Å². The predicted octanol–water partition coefficient (Wildman–Crippen LogP) is 2.13. The molecular formula is C23H28FN3O4S. The Bertz CT molecular complexity index is 1040. The van der Waals surface area contributed by atoms with Crippen LogP contribution in [0.2, 0.25) is 0 Å². The fourth-order valence-corrected chi connectivity index (χ4v) is 5.88. The van der Waals surface area contributed by atoms with Gasteiger partial charge in [-0.25, -0.2) is 12.8 Å². The number of ether oxygens (including phenoxy) is 1. The molecule has 4 rings (SSSR count). The molecule has 1 unspecified atom stereocenters. The highest BCUT2D eigenvalue weighted by atomic mass is 32.2. The molecule has 0 aromatic heterocycles. The molecule has 2 aliphatic rings. The number of nitrogens with one attached hydrogen (secondary N) is 1. The zero-order valence-corrected chi connectivity index (χ0v) is 18.7. The van der Waals surface area contributed by atoms with Crippen molar-refractivity contribution in [1.82, 2.24) is 14.5 Å². The van der Waals surface area contributed by atoms with Gasteiger partial charge in [0, 0.05) is 32.7 Å². The highest BCUT2D eigenvalue weighted by Gasteiger charge is 2.40. The molecule has 2 saturated heterocycles. The number of carbonyl (C=O) groups excluding carboxylic acids is 1. The standard InChI is InChI=1S/C23H28FN3O4S/c24-20-4-1-2-6-22(20)32(29,30)27-11-3-5-21(27)23(28)25-16-18-7-9-19(10-8-18)17-26-12-14-31-15-13-26/h1-2,4,6-10,21H,3,5,11-17H2,(H,25,28). The van der Waals surface area contributed by atoms with Crippen molar-refractivity contribution in [3.05, 3.63) is 65.5 Å². The summed E-state index contributed by atoms with van der Waals surface area (Å²) in [6, 6.07) is 12.5. The monoisotopic (exact) mass is 461 g/mol. The van der Waals surface area contributed by atoms with E-state index in [1.54, 1.807) is 0 Å². The maximum absolute atomic E-state index is 14.1. The minimum atomic E-state index is -4.08. The summed E-state index contributed by atoms with van der Waals surface area (Å²) < 4.78 is 46.5. The predicted molar refractivity (Wildman–Crippen MR) is 118 cm³/mol. The summed E-state index contributed by atoms with van der Waals surface area (Å²) in [6.07, 6.45) is 0.972. The summed E-state index contributed by atoms with van der Waals surface area (Å²) in [7, 11) is -4.08. The molecule has 2 aliphatic heterocycles. The molecule has 2 fully saturated rings. The van der Waals surface area contributed by atoms with E-state index in [-0.39, 0.29) is 12.5 Å². The number of sulfonamides is 1. The number of nitrogens with zero attached hydrogens (tertiary/aromatic N) is 2. The molecule has 0 spiro atoms. The van der Waals surface area contributed by atoms with Gasteiger partial charge in [-0.05, 0) is 36.1 Å². The van der Waals surface area contributed by atoms with Crippen LogP contribution in [0.1, 0.15) is 24.0 Å². The first-order valence-corrected chi connectivity index (χ1v) is 12.3. The summed E-state index contributed by atoms with van der Waals surface area (Å²) in [6.45, 7) is 4.73. The first kappa shape index (κ1) is 22.8. The van der Waals surface area contributed by atoms with E-state index < -0.39 is 26.8 Å². The molecule has 1 N–H and O–H groups in total. The second-order valence-corrected chi connectivity index (χ2v) is 9.99. The Kier molecular flexibility index (Phi) is 7.20. The first-order chi connectivity index (χ1) is 15.4. The highest BCUT2D eigenvalue weighted by molar-refractivity contribution is 7.89. The maximum atomic E-state index is 14.1. The molecule has 0 saturated carbocycles. The van der Waals surface area contributed by atoms with E-state index in [9.17, 15) is 17.6 Å². The lowest BCUT2D eigenvalue weighted by Crippen LogP contribution is -2.45. The quantitative estimate of drug-likeness (QED) is 0.684. The summed E-state index contributed by atoms with van der Waals surface area (Å²) >= 11 is 0. The molecule has 1 atom stereocenters. The smallest absolute Gasteiger partial charge is 0.246 e. The van der Waals surface area contributed by atoms with E-state index in [4.69, 9.17) is 4.74 Å². The van der Waals surface area contributed by atoms with Gasteiger partial charge in [0.25, 0.3) is 0 Å². The molecule has 2 heterocycles. The third-order valence-corrected chi connectivity index (χ3v) is 7.87. The third kappa shape index (κ3) is 5.17. The molecule has 0 radical (unpaired) electrons. The van der Waals surface area contributed by atoms with Gasteiger partial charge >= 0.3 is 0 Å². The summed E-state index contributed by atoms with van der Waals surface area (Å²) in [4.78, 5) is 14.7. The molecule has 2 aromatic carbocycles. The van der Waals surface area contributed by atoms with E-state index in [1.165, 1.54) is 23.8 Å². The van der Waals surface area contributed by atoms with Gasteiger partial charge in [0.05, 0.1) is 13.2 Å². The number of rotatable bonds is 7. The lowest BCUT2D eigenvalue weighted by Gasteiger charge is -2.26. The molecule has 0 aliphatic carbocycles. The van der Waals surface area contributed by atoms with Crippen LogP contribution in [-0.4, -0.2) is 62.4 Å². The van der Waals surface area contributed by atoms with E-state index in [0.717, 1.165) is 48.8 Å². The third-order valence-electron chi connectivity index (χ3n) is 5.93. The minimum absolute atomic E-state index is 0.199. The Hall–Kier alpha value is -2.33. The molecule has 0 bridgehead atoms. The fraction of sp³-hybridized carbons (Fsp3) is 0.435. The van der Waals surface area contributed by atoms with Gasteiger partial charge in [-0.15, -0.1) is 0 Å². The van der Waals surface area contributed by atoms with Crippen LogP contribution in [0.25, 0.3) is 0 Å². The van der Waals surface area contributed by atoms with E-state index in [0.29, 0.717) is 19.4 Å². The van der Waals surface area contributed by atoms with Crippen LogP contribution in [0, 0.1) is 5.82 Å². The van der Waals surface area contributed by atoms with Crippen molar-refractivity contribution in [3.63, 3.8) is 0 Å². The van der Waals surface area contributed by atoms with Crippen molar-refractivity contribution >= 4 is 15.9 Å². The number of carbonyl (C=O) groups is 1. The Balaban J connectivity index is 1.35. The molecule has 172 valence electrons. The lowest BCUT2D eigenvalue weighted by atomic mass is 10.1. The van der Waals surface area contributed by atoms with Gasteiger partial charge in [0.1, 0.15) is 16.8 Å². The molecule has 1 amide bonds. The maximum Gasteiger partial charge on any atom is 0.246 e. The Morgan fingerprint density at radius 1 is 1.03 bits per heavy atom. The number of hydrogen-bond acceptors (Lipinski definition) is 5. The van der Waals surface area contributed by atoms with E-state index in [1.807, 2.05) is 24.3 Å². The number of benzene rings is 2. The second kappa shape index (κ2) is 10.1. The van der Waals surface area contributed by atoms with Crippen LogP contribution in [-0.2, 0) is 32.6 Å². The summed E-state index contributed by atoms with van der Waals surface area (Å²) in [5, 5.41) is 2.84. The SMILES string of the molecule is O=C(NCc1ccc(CN2CCOCC2)cc1)C1CCCN1S(=O)(=O)c1ccccc1F. The second-order valence-electron chi connectivity index (χ2n) is 8.13. The highest BCUT2D eigenvalue weighted by Crippen LogP contribution is 2.27. The zero-order valence-electron chi connectivity index (χ0n) is 17.9. The molecule has 7 nitrogen and oxygen atoms in total. The molecule has 32 heavy (non-hydrogen) atoms. The first-order valence-electron chi connectivity index (χ1n) is 10.9. The largest absolute Gasteiger partial charge is 0.379 e. The van der Waals surface area contributed by atoms with Crippen LogP contribution < -0.4 is 5.32 Å². The van der Waals surface area contributed by atoms with E-state index >= 15 is 0 Å². The fourth-order valence-electron chi connectivity index (χ4n) is 4.16. The lowest BCUT2D eigenvalue weighted by molar-refractivity contribution is -0.124. The number of halogens is 1. The van der Waals surface area contributed by atoms with E-state index in [2.05, 4.69) is 10.2 Å². The average Bonchev–Trinajstić information content (AvgIpc) is 3.30. The van der Waals surface area contributed by atoms with Crippen LogP contribution >= 0.6 is 0 Å². The van der Waals surface area contributed by atoms with Crippen molar-refractivity contribution in [3.8, 4) is 0 Å². The van der Waals surface area contributed by atoms with Crippen LogP contribution in [0.5, 0.6) is 0 Å². The number of hydrogen-bond donors (Lipinski definition) is 1.